The Morgan fingerprint density at radius 2 is 2.17 bits per heavy atom. The minimum Gasteiger partial charge on any atom is -0.497 e. The summed E-state index contributed by atoms with van der Waals surface area (Å²) in [5.74, 6) is 0.649. The summed E-state index contributed by atoms with van der Waals surface area (Å²) in [4.78, 5) is 4.44. The normalized spacial score (nSPS) is 19.2. The minimum absolute atomic E-state index is 0.265. The second-order valence-corrected chi connectivity index (χ2v) is 7.61. The number of sulfonamides is 1. The van der Waals surface area contributed by atoms with E-state index in [2.05, 4.69) is 10.3 Å². The summed E-state index contributed by atoms with van der Waals surface area (Å²) in [6.07, 6.45) is 3.41. The first-order valence-electron chi connectivity index (χ1n) is 7.81. The van der Waals surface area contributed by atoms with E-state index < -0.39 is 10.0 Å². The lowest BCUT2D eigenvalue weighted by Crippen LogP contribution is -2.48. The molecule has 3 rings (SSSR count). The predicted molar refractivity (Wildman–Crippen MR) is 91.5 cm³/mol. The highest BCUT2D eigenvalue weighted by Crippen LogP contribution is 2.31. The van der Waals surface area contributed by atoms with Gasteiger partial charge in [-0.25, -0.2) is 8.42 Å². The second-order valence-electron chi connectivity index (χ2n) is 5.75. The summed E-state index contributed by atoms with van der Waals surface area (Å²) in [6, 6.07) is 8.52. The van der Waals surface area contributed by atoms with Gasteiger partial charge in [0, 0.05) is 32.0 Å². The van der Waals surface area contributed by atoms with Crippen molar-refractivity contribution in [3.8, 4) is 5.75 Å². The maximum atomic E-state index is 13.2. The summed E-state index contributed by atoms with van der Waals surface area (Å²) in [5, 5.41) is 3.27. The standard InChI is InChI=1S/C17H21N3O3S/c1-13-10-15(23-2)5-6-17(13)24(21,22)20-9-8-19-12-16(20)14-4-3-7-18-11-14/h3-7,10-11,16,19H,8-9,12H2,1-2H3. The van der Waals surface area contributed by atoms with Crippen molar-refractivity contribution in [1.82, 2.24) is 14.6 Å². The maximum absolute atomic E-state index is 13.2. The predicted octanol–water partition coefficient (Wildman–Crippen LogP) is 1.73. The molecule has 0 radical (unpaired) electrons. The topological polar surface area (TPSA) is 71.5 Å². The summed E-state index contributed by atoms with van der Waals surface area (Å²) >= 11 is 0. The molecule has 1 unspecified atom stereocenters. The Bertz CT molecular complexity index is 809. The van der Waals surface area contributed by atoms with Gasteiger partial charge in [-0.15, -0.1) is 0 Å². The number of benzene rings is 1. The zero-order chi connectivity index (χ0) is 17.2. The fourth-order valence-electron chi connectivity index (χ4n) is 3.00. The Hall–Kier alpha value is -1.96. The summed E-state index contributed by atoms with van der Waals surface area (Å²) in [7, 11) is -2.04. The van der Waals surface area contributed by atoms with Gasteiger partial charge in [0.2, 0.25) is 10.0 Å². The van der Waals surface area contributed by atoms with E-state index in [-0.39, 0.29) is 6.04 Å². The molecular formula is C17H21N3O3S. The smallest absolute Gasteiger partial charge is 0.243 e. The number of aryl methyl sites for hydroxylation is 1. The van der Waals surface area contributed by atoms with Crippen LogP contribution in [0.5, 0.6) is 5.75 Å². The molecule has 0 aliphatic carbocycles. The van der Waals surface area contributed by atoms with E-state index in [0.29, 0.717) is 35.8 Å². The Kier molecular flexibility index (Phi) is 4.84. The van der Waals surface area contributed by atoms with Crippen LogP contribution < -0.4 is 10.1 Å². The molecule has 7 heteroatoms. The van der Waals surface area contributed by atoms with Crippen LogP contribution in [0.3, 0.4) is 0 Å². The first kappa shape index (κ1) is 16.9. The van der Waals surface area contributed by atoms with E-state index in [1.807, 2.05) is 12.1 Å². The SMILES string of the molecule is COc1ccc(S(=O)(=O)N2CCNCC2c2cccnc2)c(C)c1. The van der Waals surface area contributed by atoms with Crippen LogP contribution in [0.25, 0.3) is 0 Å². The third-order valence-electron chi connectivity index (χ3n) is 4.23. The number of hydrogen-bond acceptors (Lipinski definition) is 5. The Balaban J connectivity index is 2.00. The summed E-state index contributed by atoms with van der Waals surface area (Å²) < 4.78 is 33.2. The van der Waals surface area contributed by atoms with Crippen molar-refractivity contribution >= 4 is 10.0 Å². The molecule has 0 bridgehead atoms. The largest absolute Gasteiger partial charge is 0.497 e. The molecule has 6 nitrogen and oxygen atoms in total. The van der Waals surface area contributed by atoms with Gasteiger partial charge in [0.05, 0.1) is 18.0 Å². The lowest BCUT2D eigenvalue weighted by molar-refractivity contribution is 0.271. The van der Waals surface area contributed by atoms with Gasteiger partial charge in [-0.3, -0.25) is 4.98 Å². The summed E-state index contributed by atoms with van der Waals surface area (Å²) in [5.41, 5.74) is 1.57. The van der Waals surface area contributed by atoms with Crippen LogP contribution >= 0.6 is 0 Å². The van der Waals surface area contributed by atoms with Crippen LogP contribution in [-0.2, 0) is 10.0 Å². The third kappa shape index (κ3) is 3.15. The monoisotopic (exact) mass is 347 g/mol. The highest BCUT2D eigenvalue weighted by molar-refractivity contribution is 7.89. The molecule has 1 N–H and O–H groups in total. The van der Waals surface area contributed by atoms with Gasteiger partial charge in [0.15, 0.2) is 0 Å². The van der Waals surface area contributed by atoms with Gasteiger partial charge >= 0.3 is 0 Å². The number of pyridine rings is 1. The van der Waals surface area contributed by atoms with Gasteiger partial charge in [-0.2, -0.15) is 4.31 Å². The molecule has 1 saturated heterocycles. The van der Waals surface area contributed by atoms with Crippen molar-refractivity contribution in [2.75, 3.05) is 26.7 Å². The van der Waals surface area contributed by atoms with Crippen molar-refractivity contribution < 1.29 is 13.2 Å². The number of rotatable bonds is 4. The number of piperazine rings is 1. The van der Waals surface area contributed by atoms with Crippen LogP contribution in [0.1, 0.15) is 17.2 Å². The van der Waals surface area contributed by atoms with Crippen molar-refractivity contribution in [2.45, 2.75) is 17.9 Å². The Morgan fingerprint density at radius 1 is 1.33 bits per heavy atom. The van der Waals surface area contributed by atoms with Crippen LogP contribution in [0, 0.1) is 6.92 Å². The van der Waals surface area contributed by atoms with Gasteiger partial charge in [-0.05, 0) is 42.3 Å². The maximum Gasteiger partial charge on any atom is 0.243 e. The van der Waals surface area contributed by atoms with E-state index in [9.17, 15) is 8.42 Å². The molecule has 0 saturated carbocycles. The molecule has 0 amide bonds. The average molecular weight is 347 g/mol. The minimum atomic E-state index is -3.61. The molecule has 128 valence electrons. The third-order valence-corrected chi connectivity index (χ3v) is 6.30. The molecule has 1 atom stereocenters. The summed E-state index contributed by atoms with van der Waals surface area (Å²) in [6.45, 7) is 3.41. The van der Waals surface area contributed by atoms with E-state index in [0.717, 1.165) is 5.56 Å². The highest BCUT2D eigenvalue weighted by Gasteiger charge is 2.35. The van der Waals surface area contributed by atoms with Crippen molar-refractivity contribution in [2.24, 2.45) is 0 Å². The second kappa shape index (κ2) is 6.88. The molecule has 1 aliphatic heterocycles. The molecule has 0 spiro atoms. The zero-order valence-corrected chi connectivity index (χ0v) is 14.6. The van der Waals surface area contributed by atoms with Crippen LogP contribution in [0.4, 0.5) is 0 Å². The molecule has 24 heavy (non-hydrogen) atoms. The molecule has 2 heterocycles. The lowest BCUT2D eigenvalue weighted by atomic mass is 10.1. The number of nitrogens with one attached hydrogen (secondary N) is 1. The number of nitrogens with zero attached hydrogens (tertiary/aromatic N) is 2. The number of aromatic nitrogens is 1. The molecule has 1 fully saturated rings. The van der Waals surface area contributed by atoms with Crippen molar-refractivity contribution in [3.05, 3.63) is 53.9 Å². The number of methoxy groups -OCH3 is 1. The van der Waals surface area contributed by atoms with E-state index in [4.69, 9.17) is 4.74 Å². The quantitative estimate of drug-likeness (QED) is 0.912. The van der Waals surface area contributed by atoms with Gasteiger partial charge in [-0.1, -0.05) is 6.07 Å². The molecule has 1 aromatic carbocycles. The van der Waals surface area contributed by atoms with Gasteiger partial charge in [0.1, 0.15) is 5.75 Å². The molecule has 2 aromatic rings. The van der Waals surface area contributed by atoms with Crippen LogP contribution in [0.15, 0.2) is 47.6 Å². The molecular weight excluding hydrogens is 326 g/mol. The van der Waals surface area contributed by atoms with E-state index in [1.165, 1.54) is 0 Å². The van der Waals surface area contributed by atoms with E-state index >= 15 is 0 Å². The fourth-order valence-corrected chi connectivity index (χ4v) is 4.82. The highest BCUT2D eigenvalue weighted by atomic mass is 32.2. The van der Waals surface area contributed by atoms with E-state index in [1.54, 1.807) is 48.9 Å². The van der Waals surface area contributed by atoms with Crippen LogP contribution in [-0.4, -0.2) is 44.5 Å². The first-order valence-corrected chi connectivity index (χ1v) is 9.25. The Labute approximate surface area is 142 Å². The fraction of sp³-hybridized carbons (Fsp3) is 0.353. The Morgan fingerprint density at radius 3 is 2.83 bits per heavy atom. The lowest BCUT2D eigenvalue weighted by Gasteiger charge is -2.35. The molecule has 1 aliphatic rings. The van der Waals surface area contributed by atoms with Gasteiger partial charge in [0.25, 0.3) is 0 Å². The number of hydrogen-bond donors (Lipinski definition) is 1. The average Bonchev–Trinajstić information content (AvgIpc) is 2.62. The molecule has 1 aromatic heterocycles. The first-order chi connectivity index (χ1) is 11.5. The van der Waals surface area contributed by atoms with Gasteiger partial charge < -0.3 is 10.1 Å². The number of ether oxygens (including phenoxy) is 1. The van der Waals surface area contributed by atoms with Crippen LogP contribution in [0.2, 0.25) is 0 Å². The van der Waals surface area contributed by atoms with Crippen molar-refractivity contribution in [3.63, 3.8) is 0 Å². The van der Waals surface area contributed by atoms with Crippen molar-refractivity contribution in [1.29, 1.82) is 0 Å². The zero-order valence-electron chi connectivity index (χ0n) is 13.8.